The first-order chi connectivity index (χ1) is 21.7. The van der Waals surface area contributed by atoms with Crippen LogP contribution in [-0.2, 0) is 35.4 Å². The molecule has 46 heavy (non-hydrogen) atoms. The molecule has 1 aromatic carbocycles. The van der Waals surface area contributed by atoms with E-state index in [4.69, 9.17) is 13.9 Å². The number of hydrogen-bond acceptors (Lipinski definition) is 8. The van der Waals surface area contributed by atoms with Crippen LogP contribution < -0.4 is 20.1 Å². The average molecular weight is 679 g/mol. The molecule has 2 aliphatic carbocycles. The number of benzene rings is 1. The lowest BCUT2D eigenvalue weighted by Crippen LogP contribution is -2.49. The zero-order valence-electron chi connectivity index (χ0n) is 27.6. The Morgan fingerprint density at radius 1 is 0.978 bits per heavy atom. The number of carbonyl (C=O) groups is 3. The second kappa shape index (κ2) is 17.1. The largest absolute Gasteiger partial charge is 0.449 e. The first-order valence-electron chi connectivity index (χ1n) is 15.9. The van der Waals surface area contributed by atoms with Gasteiger partial charge in [-0.2, -0.15) is 13.1 Å². The van der Waals surface area contributed by atoms with Crippen molar-refractivity contribution in [3.8, 4) is 11.8 Å². The maximum Gasteiger partial charge on any atom is 0.421 e. The third-order valence-electron chi connectivity index (χ3n) is 8.86. The fourth-order valence-corrected chi connectivity index (χ4v) is 6.79. The quantitative estimate of drug-likeness (QED) is 0.115. The van der Waals surface area contributed by atoms with Gasteiger partial charge in [-0.05, 0) is 60.7 Å². The Kier molecular flexibility index (Phi) is 13.9. The first kappa shape index (κ1) is 37.3. The lowest BCUT2D eigenvalue weighted by atomic mass is 10.1. The molecule has 0 aliphatic heterocycles. The standard InChI is InChI=1S/C32H50N4O8SSi/c1-32(2,3)46(4,5)44-22-25(21-42-31(39)36-45(40,41)34-20-24-14-9-8-10-15-24)35-29(37)18-13-19-33-30(38)43-23-28-26-16-11-6-7-12-17-27(26)28/h8-10,14-15,25-28,34H,11-13,16-23H2,1-5H3,(H,33,38)(H,35,37)(H,36,39)/t25-,26-,27+,28?/m1/s1. The van der Waals surface area contributed by atoms with Crippen molar-refractivity contribution in [1.29, 1.82) is 0 Å². The Bertz CT molecular complexity index is 1320. The normalized spacial score (nSPS) is 20.0. The van der Waals surface area contributed by atoms with E-state index in [1.54, 1.807) is 24.3 Å². The van der Waals surface area contributed by atoms with Crippen molar-refractivity contribution < 1.29 is 36.7 Å². The Balaban J connectivity index is 1.40. The van der Waals surface area contributed by atoms with Crippen molar-refractivity contribution in [1.82, 2.24) is 20.1 Å². The molecule has 14 heteroatoms. The summed E-state index contributed by atoms with van der Waals surface area (Å²) in [5.41, 5.74) is 0.719. The maximum absolute atomic E-state index is 12.8. The van der Waals surface area contributed by atoms with Crippen LogP contribution in [0.1, 0.15) is 64.9 Å². The van der Waals surface area contributed by atoms with Gasteiger partial charge in [0.25, 0.3) is 0 Å². The van der Waals surface area contributed by atoms with Gasteiger partial charge in [0.2, 0.25) is 5.91 Å². The van der Waals surface area contributed by atoms with Crippen LogP contribution in [0.15, 0.2) is 30.3 Å². The third kappa shape index (κ3) is 12.9. The zero-order chi connectivity index (χ0) is 33.8. The molecule has 3 rings (SSSR count). The Morgan fingerprint density at radius 2 is 1.63 bits per heavy atom. The predicted octanol–water partition coefficient (Wildman–Crippen LogP) is 4.20. The number of ether oxygens (including phenoxy) is 2. The Labute approximate surface area is 274 Å². The summed E-state index contributed by atoms with van der Waals surface area (Å²) >= 11 is 0. The molecule has 2 aliphatic rings. The van der Waals surface area contributed by atoms with E-state index in [-0.39, 0.29) is 43.7 Å². The van der Waals surface area contributed by atoms with Crippen molar-refractivity contribution in [2.75, 3.05) is 26.4 Å². The van der Waals surface area contributed by atoms with Gasteiger partial charge in [-0.15, -0.1) is 11.8 Å². The molecule has 3 amide bonds. The van der Waals surface area contributed by atoms with E-state index in [2.05, 4.69) is 61.1 Å². The maximum atomic E-state index is 12.8. The SMILES string of the molecule is CC(C)(C)[Si](C)(C)OC[C@@H](COC(=O)NS(=O)(=O)NCc1ccccc1)NC(=O)CCCNC(=O)OCC1[C@H]2CCC#CCC[C@@H]12. The Morgan fingerprint density at radius 3 is 2.26 bits per heavy atom. The van der Waals surface area contributed by atoms with Gasteiger partial charge in [-0.1, -0.05) is 51.1 Å². The van der Waals surface area contributed by atoms with Gasteiger partial charge in [-0.3, -0.25) is 4.79 Å². The molecular formula is C32H50N4O8SSi. The summed E-state index contributed by atoms with van der Waals surface area (Å²) in [6.45, 7) is 10.8. The number of hydrogen-bond donors (Lipinski definition) is 4. The molecule has 0 spiro atoms. The van der Waals surface area contributed by atoms with E-state index in [0.29, 0.717) is 30.8 Å². The van der Waals surface area contributed by atoms with Gasteiger partial charge < -0.3 is 24.5 Å². The van der Waals surface area contributed by atoms with Crippen LogP contribution in [-0.4, -0.2) is 67.2 Å². The smallest absolute Gasteiger partial charge is 0.421 e. The van der Waals surface area contributed by atoms with Gasteiger partial charge in [0, 0.05) is 32.4 Å². The molecule has 1 unspecified atom stereocenters. The van der Waals surface area contributed by atoms with Crippen molar-refractivity contribution in [2.45, 2.75) is 90.0 Å². The van der Waals surface area contributed by atoms with E-state index in [1.165, 1.54) is 0 Å². The summed E-state index contributed by atoms with van der Waals surface area (Å²) in [4.78, 5) is 37.3. The minimum absolute atomic E-state index is 0.00759. The molecule has 0 heterocycles. The van der Waals surface area contributed by atoms with Crippen LogP contribution in [0.4, 0.5) is 9.59 Å². The van der Waals surface area contributed by atoms with Crippen molar-refractivity contribution in [3.63, 3.8) is 0 Å². The number of alkyl carbamates (subject to hydrolysis) is 1. The summed E-state index contributed by atoms with van der Waals surface area (Å²) in [5.74, 6) is 7.62. The highest BCUT2D eigenvalue weighted by Crippen LogP contribution is 2.52. The zero-order valence-corrected chi connectivity index (χ0v) is 29.5. The molecule has 0 saturated heterocycles. The van der Waals surface area contributed by atoms with Crippen LogP contribution in [0.2, 0.25) is 18.1 Å². The molecule has 1 fully saturated rings. The van der Waals surface area contributed by atoms with Crippen molar-refractivity contribution in [2.24, 2.45) is 17.8 Å². The Hall–Kier alpha value is -3.12. The summed E-state index contributed by atoms with van der Waals surface area (Å²) < 4.78 is 45.5. The molecular weight excluding hydrogens is 629 g/mol. The second-order valence-corrected chi connectivity index (χ2v) is 19.7. The predicted molar refractivity (Wildman–Crippen MR) is 177 cm³/mol. The molecule has 1 saturated carbocycles. The van der Waals surface area contributed by atoms with Gasteiger partial charge in [0.15, 0.2) is 8.32 Å². The summed E-state index contributed by atoms with van der Waals surface area (Å²) in [7, 11) is -6.38. The molecule has 256 valence electrons. The molecule has 0 bridgehead atoms. The van der Waals surface area contributed by atoms with Crippen molar-refractivity contribution in [3.05, 3.63) is 35.9 Å². The van der Waals surface area contributed by atoms with Gasteiger partial charge in [0.1, 0.15) is 6.61 Å². The average Bonchev–Trinajstić information content (AvgIpc) is 3.62. The van der Waals surface area contributed by atoms with Crippen molar-refractivity contribution >= 4 is 36.6 Å². The van der Waals surface area contributed by atoms with E-state index >= 15 is 0 Å². The highest BCUT2D eigenvalue weighted by Gasteiger charge is 2.49. The number of carbonyl (C=O) groups excluding carboxylic acids is 3. The highest BCUT2D eigenvalue weighted by atomic mass is 32.2. The summed E-state index contributed by atoms with van der Waals surface area (Å²) in [6, 6.07) is 8.13. The number of nitrogens with one attached hydrogen (secondary N) is 4. The monoisotopic (exact) mass is 678 g/mol. The van der Waals surface area contributed by atoms with Gasteiger partial charge in [-0.25, -0.2) is 14.3 Å². The minimum Gasteiger partial charge on any atom is -0.449 e. The second-order valence-electron chi connectivity index (χ2n) is 13.4. The van der Waals surface area contributed by atoms with Crippen LogP contribution >= 0.6 is 0 Å². The van der Waals surface area contributed by atoms with E-state index < -0.39 is 36.8 Å². The fraction of sp³-hybridized carbons (Fsp3) is 0.656. The lowest BCUT2D eigenvalue weighted by Gasteiger charge is -2.37. The number of rotatable bonds is 16. The molecule has 4 N–H and O–H groups in total. The van der Waals surface area contributed by atoms with E-state index in [1.807, 2.05) is 10.8 Å². The summed E-state index contributed by atoms with van der Waals surface area (Å²) in [5, 5.41) is 5.42. The van der Waals surface area contributed by atoms with Gasteiger partial charge >= 0.3 is 22.4 Å². The molecule has 0 aromatic heterocycles. The molecule has 12 nitrogen and oxygen atoms in total. The van der Waals surface area contributed by atoms with Crippen LogP contribution in [0.25, 0.3) is 0 Å². The molecule has 0 radical (unpaired) electrons. The number of amides is 3. The van der Waals surface area contributed by atoms with E-state index in [0.717, 1.165) is 31.2 Å². The minimum atomic E-state index is -4.18. The van der Waals surface area contributed by atoms with Crippen LogP contribution in [0, 0.1) is 29.6 Å². The fourth-order valence-electron chi connectivity index (χ4n) is 5.03. The third-order valence-corrected chi connectivity index (χ3v) is 14.3. The lowest BCUT2D eigenvalue weighted by molar-refractivity contribution is -0.122. The van der Waals surface area contributed by atoms with Gasteiger partial charge in [0.05, 0.1) is 19.3 Å². The topological polar surface area (TPSA) is 161 Å². The first-order valence-corrected chi connectivity index (χ1v) is 20.3. The van der Waals surface area contributed by atoms with Crippen LogP contribution in [0.5, 0.6) is 0 Å². The number of fused-ring (bicyclic) bond motifs is 1. The molecule has 4 atom stereocenters. The van der Waals surface area contributed by atoms with Crippen LogP contribution in [0.3, 0.4) is 0 Å². The summed E-state index contributed by atoms with van der Waals surface area (Å²) in [6.07, 6.45) is 2.73. The molecule has 1 aromatic rings. The highest BCUT2D eigenvalue weighted by molar-refractivity contribution is 7.88. The van der Waals surface area contributed by atoms with E-state index in [9.17, 15) is 22.8 Å².